The van der Waals surface area contributed by atoms with E-state index in [4.69, 9.17) is 0 Å². The molecule has 14 heavy (non-hydrogen) atoms. The number of hydrogen-bond acceptors (Lipinski definition) is 3. The van der Waals surface area contributed by atoms with Crippen molar-refractivity contribution in [2.45, 2.75) is 40.0 Å². The lowest BCUT2D eigenvalue weighted by Gasteiger charge is -2.13. The second kappa shape index (κ2) is 2.81. The number of carbonyl (C=O) groups is 1. The zero-order valence-electron chi connectivity index (χ0n) is 9.04. The summed E-state index contributed by atoms with van der Waals surface area (Å²) in [4.78, 5) is 15.2. The highest BCUT2D eigenvalue weighted by Crippen LogP contribution is 2.75. The average Bonchev–Trinajstić information content (AvgIpc) is 2.48. The number of carbonyl (C=O) groups excluding carboxylic acids is 1. The molecule has 0 aromatic rings. The lowest BCUT2D eigenvalue weighted by atomic mass is 9.92. The third-order valence-electron chi connectivity index (χ3n) is 4.16. The van der Waals surface area contributed by atoms with Gasteiger partial charge in [-0.25, -0.2) is 4.79 Å². The monoisotopic (exact) mass is 195 g/mol. The van der Waals surface area contributed by atoms with Crippen molar-refractivity contribution in [3.63, 3.8) is 0 Å². The van der Waals surface area contributed by atoms with Crippen molar-refractivity contribution in [3.8, 4) is 0 Å². The van der Waals surface area contributed by atoms with Gasteiger partial charge in [0.2, 0.25) is 0 Å². The van der Waals surface area contributed by atoms with Gasteiger partial charge in [0.1, 0.15) is 0 Å². The summed E-state index contributed by atoms with van der Waals surface area (Å²) in [5.41, 5.74) is 0.581. The molecule has 0 amide bonds. The van der Waals surface area contributed by atoms with Gasteiger partial charge in [-0.15, -0.1) is 0 Å². The Labute approximate surface area is 84.5 Å². The Balaban J connectivity index is 2.04. The van der Waals surface area contributed by atoms with Crippen molar-refractivity contribution >= 4 is 12.2 Å². The zero-order chi connectivity index (χ0) is 10.4. The second-order valence-electron chi connectivity index (χ2n) is 5.02. The molecule has 0 saturated heterocycles. The molecule has 3 nitrogen and oxygen atoms in total. The quantitative estimate of drug-likeness (QED) is 0.385. The van der Waals surface area contributed by atoms with E-state index in [0.29, 0.717) is 5.41 Å². The maximum absolute atomic E-state index is 10.6. The first-order valence-corrected chi connectivity index (χ1v) is 5.23. The molecule has 0 N–H and O–H groups in total. The van der Waals surface area contributed by atoms with Gasteiger partial charge in [0.05, 0.1) is 6.21 Å². The lowest BCUT2D eigenvalue weighted by molar-refractivity contribution is -0.140. The molecule has 78 valence electrons. The molecule has 2 aliphatic rings. The van der Waals surface area contributed by atoms with Crippen molar-refractivity contribution in [2.75, 3.05) is 0 Å². The molecule has 2 unspecified atom stereocenters. The predicted octanol–water partition coefficient (Wildman–Crippen LogP) is 2.36. The third kappa shape index (κ3) is 1.11. The Kier molecular flexibility index (Phi) is 1.95. The minimum atomic E-state index is -0.342. The maximum Gasteiger partial charge on any atom is 0.331 e. The van der Waals surface area contributed by atoms with Gasteiger partial charge < -0.3 is 4.84 Å². The highest BCUT2D eigenvalue weighted by atomic mass is 16.7. The van der Waals surface area contributed by atoms with Crippen molar-refractivity contribution < 1.29 is 9.63 Å². The fourth-order valence-electron chi connectivity index (χ4n) is 3.23. The summed E-state index contributed by atoms with van der Waals surface area (Å²) in [7, 11) is 0. The molecule has 2 fully saturated rings. The molecule has 2 rings (SSSR count). The van der Waals surface area contributed by atoms with Crippen LogP contribution in [0.25, 0.3) is 0 Å². The summed E-state index contributed by atoms with van der Waals surface area (Å²) in [6.07, 6.45) is 5.63. The predicted molar refractivity (Wildman–Crippen MR) is 53.8 cm³/mol. The first-order valence-electron chi connectivity index (χ1n) is 5.23. The highest BCUT2D eigenvalue weighted by molar-refractivity contribution is 5.74. The molecule has 0 radical (unpaired) electrons. The van der Waals surface area contributed by atoms with E-state index in [-0.39, 0.29) is 11.4 Å². The van der Waals surface area contributed by atoms with Crippen LogP contribution in [0, 0.1) is 16.7 Å². The number of oxime groups is 1. The van der Waals surface area contributed by atoms with Gasteiger partial charge in [0.15, 0.2) is 0 Å². The Morgan fingerprint density at radius 2 is 2.29 bits per heavy atom. The fraction of sp³-hybridized carbons (Fsp3) is 0.818. The van der Waals surface area contributed by atoms with Crippen molar-refractivity contribution in [1.82, 2.24) is 0 Å². The summed E-state index contributed by atoms with van der Waals surface area (Å²) in [5, 5.41) is 3.79. The topological polar surface area (TPSA) is 38.7 Å². The number of fused-ring (bicyclic) bond motifs is 1. The molecule has 2 saturated carbocycles. The normalized spacial score (nSPS) is 38.4. The Morgan fingerprint density at radius 3 is 2.79 bits per heavy atom. The molecule has 2 atom stereocenters. The molecule has 0 aromatic carbocycles. The van der Waals surface area contributed by atoms with E-state index < -0.39 is 0 Å². The van der Waals surface area contributed by atoms with Crippen LogP contribution in [-0.2, 0) is 9.63 Å². The zero-order valence-corrected chi connectivity index (χ0v) is 9.04. The Hall–Kier alpha value is -0.860. The summed E-state index contributed by atoms with van der Waals surface area (Å²) < 4.78 is 0. The van der Waals surface area contributed by atoms with E-state index in [1.54, 1.807) is 0 Å². The van der Waals surface area contributed by atoms with Gasteiger partial charge in [-0.3, -0.25) is 0 Å². The van der Waals surface area contributed by atoms with E-state index in [1.807, 2.05) is 6.21 Å². The molecule has 0 aliphatic heterocycles. The molecule has 0 aromatic heterocycles. The van der Waals surface area contributed by atoms with Gasteiger partial charge in [-0.1, -0.05) is 25.4 Å². The van der Waals surface area contributed by atoms with Crippen LogP contribution >= 0.6 is 0 Å². The third-order valence-corrected chi connectivity index (χ3v) is 4.16. The van der Waals surface area contributed by atoms with Crippen molar-refractivity contribution in [3.05, 3.63) is 0 Å². The molecule has 2 aliphatic carbocycles. The van der Waals surface area contributed by atoms with Crippen LogP contribution in [0.3, 0.4) is 0 Å². The molecular formula is C11H17NO2. The van der Waals surface area contributed by atoms with Crippen molar-refractivity contribution in [1.29, 1.82) is 0 Å². The molecule has 3 heteroatoms. The SMILES string of the molecule is CC(=O)ON=CC12CCCC1C2(C)C. The van der Waals surface area contributed by atoms with Crippen LogP contribution in [0.5, 0.6) is 0 Å². The molecule has 0 heterocycles. The maximum atomic E-state index is 10.6. The highest BCUT2D eigenvalue weighted by Gasteiger charge is 2.71. The second-order valence-corrected chi connectivity index (χ2v) is 5.02. The van der Waals surface area contributed by atoms with E-state index in [1.165, 1.54) is 26.2 Å². The summed E-state index contributed by atoms with van der Waals surface area (Å²) in [6, 6.07) is 0. The van der Waals surface area contributed by atoms with Crippen LogP contribution in [0.1, 0.15) is 40.0 Å². The summed E-state index contributed by atoms with van der Waals surface area (Å²) in [6.45, 7) is 5.92. The Bertz CT molecular complexity index is 296. The first kappa shape index (κ1) is 9.69. The van der Waals surface area contributed by atoms with Crippen molar-refractivity contribution in [2.24, 2.45) is 21.9 Å². The van der Waals surface area contributed by atoms with Crippen LogP contribution in [0.2, 0.25) is 0 Å². The number of rotatable bonds is 2. The molecule has 0 bridgehead atoms. The van der Waals surface area contributed by atoms with Gasteiger partial charge in [-0.2, -0.15) is 0 Å². The minimum Gasteiger partial charge on any atom is -0.319 e. The van der Waals surface area contributed by atoms with E-state index >= 15 is 0 Å². The van der Waals surface area contributed by atoms with Crippen LogP contribution in [0.4, 0.5) is 0 Å². The number of hydrogen-bond donors (Lipinski definition) is 0. The van der Waals surface area contributed by atoms with Crippen LogP contribution in [0.15, 0.2) is 5.16 Å². The Morgan fingerprint density at radius 1 is 1.57 bits per heavy atom. The lowest BCUT2D eigenvalue weighted by Crippen LogP contribution is -2.10. The van der Waals surface area contributed by atoms with Crippen LogP contribution in [-0.4, -0.2) is 12.2 Å². The fourth-order valence-corrected chi connectivity index (χ4v) is 3.23. The van der Waals surface area contributed by atoms with Gasteiger partial charge in [0, 0.05) is 12.3 Å². The minimum absolute atomic E-state index is 0.225. The molecule has 0 spiro atoms. The standard InChI is InChI=1S/C11H17NO2/c1-8(13)14-12-7-11-6-4-5-9(11)10(11,2)3/h7,9H,4-6H2,1-3H3. The van der Waals surface area contributed by atoms with Gasteiger partial charge in [-0.05, 0) is 24.2 Å². The van der Waals surface area contributed by atoms with E-state index in [9.17, 15) is 4.79 Å². The first-order chi connectivity index (χ1) is 6.51. The summed E-state index contributed by atoms with van der Waals surface area (Å²) >= 11 is 0. The largest absolute Gasteiger partial charge is 0.331 e. The average molecular weight is 195 g/mol. The van der Waals surface area contributed by atoms with Gasteiger partial charge in [0.25, 0.3) is 0 Å². The van der Waals surface area contributed by atoms with Crippen LogP contribution < -0.4 is 0 Å². The number of nitrogens with zero attached hydrogens (tertiary/aromatic N) is 1. The van der Waals surface area contributed by atoms with Gasteiger partial charge >= 0.3 is 5.97 Å². The summed E-state index contributed by atoms with van der Waals surface area (Å²) in [5.74, 6) is 0.403. The van der Waals surface area contributed by atoms with E-state index in [2.05, 4.69) is 23.8 Å². The van der Waals surface area contributed by atoms with E-state index in [0.717, 1.165) is 5.92 Å². The smallest absolute Gasteiger partial charge is 0.319 e. The molecular weight excluding hydrogens is 178 g/mol.